The topological polar surface area (TPSA) is 47.3 Å². The van der Waals surface area contributed by atoms with E-state index in [0.717, 1.165) is 4.47 Å². The van der Waals surface area contributed by atoms with Crippen LogP contribution in [0.2, 0.25) is 0 Å². The smallest absolute Gasteiger partial charge is 0.397 e. The number of anilines is 2. The Morgan fingerprint density at radius 1 is 1.38 bits per heavy atom. The molecule has 0 saturated heterocycles. The maximum atomic E-state index is 11.6. The number of halogens is 4. The summed E-state index contributed by atoms with van der Waals surface area (Å²) in [7, 11) is 0. The van der Waals surface area contributed by atoms with Gasteiger partial charge in [-0.2, -0.15) is 0 Å². The van der Waals surface area contributed by atoms with Gasteiger partial charge in [0.05, 0.1) is 18.0 Å². The van der Waals surface area contributed by atoms with Crippen LogP contribution in [0.5, 0.6) is 0 Å². The highest BCUT2D eigenvalue weighted by Crippen LogP contribution is 2.23. The summed E-state index contributed by atoms with van der Waals surface area (Å²) in [6.07, 6.45) is -4.59. The van der Waals surface area contributed by atoms with Crippen LogP contribution in [0.4, 0.5) is 24.5 Å². The first-order valence-electron chi connectivity index (χ1n) is 4.38. The lowest BCUT2D eigenvalue weighted by Gasteiger charge is -2.11. The molecule has 0 aliphatic rings. The zero-order chi connectivity index (χ0) is 12.2. The van der Waals surface area contributed by atoms with Gasteiger partial charge in [0.25, 0.3) is 0 Å². The molecule has 0 spiro atoms. The van der Waals surface area contributed by atoms with Gasteiger partial charge in [0, 0.05) is 11.0 Å². The summed E-state index contributed by atoms with van der Waals surface area (Å²) in [6, 6.07) is 5.08. The largest absolute Gasteiger partial charge is 0.522 e. The molecular weight excluding hydrogens is 289 g/mol. The summed E-state index contributed by atoms with van der Waals surface area (Å²) in [5, 5.41) is 2.75. The predicted octanol–water partition coefficient (Wildman–Crippen LogP) is 2.98. The number of ether oxygens (including phenoxy) is 1. The molecule has 1 aromatic rings. The average molecular weight is 299 g/mol. The first-order chi connectivity index (χ1) is 7.38. The Kier molecular flexibility index (Phi) is 4.43. The summed E-state index contributed by atoms with van der Waals surface area (Å²) >= 11 is 3.23. The fourth-order valence-corrected chi connectivity index (χ4v) is 1.40. The summed E-state index contributed by atoms with van der Waals surface area (Å²) in [5.41, 5.74) is 6.65. The fraction of sp³-hybridized carbons (Fsp3) is 0.333. The standard InChI is InChI=1S/C9H10BrF3N2O/c10-6-1-2-7(14)8(5-6)15-3-4-16-9(11,12)13/h1-2,5,15H,3-4,14H2. The first kappa shape index (κ1) is 13.1. The Bertz CT molecular complexity index is 357. The minimum Gasteiger partial charge on any atom is -0.397 e. The van der Waals surface area contributed by atoms with E-state index in [1.165, 1.54) is 0 Å². The van der Waals surface area contributed by atoms with E-state index in [1.807, 2.05) is 0 Å². The third kappa shape index (κ3) is 4.71. The average Bonchev–Trinajstić information content (AvgIpc) is 2.16. The van der Waals surface area contributed by atoms with E-state index >= 15 is 0 Å². The van der Waals surface area contributed by atoms with Crippen molar-refractivity contribution in [2.75, 3.05) is 24.2 Å². The second-order valence-corrected chi connectivity index (χ2v) is 3.87. The van der Waals surface area contributed by atoms with Gasteiger partial charge in [0.2, 0.25) is 0 Å². The van der Waals surface area contributed by atoms with Crippen molar-refractivity contribution in [3.05, 3.63) is 22.7 Å². The molecule has 0 heterocycles. The highest BCUT2D eigenvalue weighted by atomic mass is 79.9. The van der Waals surface area contributed by atoms with Crippen LogP contribution in [0.3, 0.4) is 0 Å². The van der Waals surface area contributed by atoms with Crippen molar-refractivity contribution in [3.8, 4) is 0 Å². The van der Waals surface area contributed by atoms with Crippen molar-refractivity contribution in [3.63, 3.8) is 0 Å². The van der Waals surface area contributed by atoms with E-state index in [-0.39, 0.29) is 6.54 Å². The van der Waals surface area contributed by atoms with E-state index in [0.29, 0.717) is 11.4 Å². The van der Waals surface area contributed by atoms with E-state index in [1.54, 1.807) is 18.2 Å². The van der Waals surface area contributed by atoms with Crippen LogP contribution in [-0.2, 0) is 4.74 Å². The van der Waals surface area contributed by atoms with Crippen LogP contribution >= 0.6 is 15.9 Å². The van der Waals surface area contributed by atoms with Crippen molar-refractivity contribution in [1.82, 2.24) is 0 Å². The quantitative estimate of drug-likeness (QED) is 0.664. The summed E-state index contributed by atoms with van der Waals surface area (Å²) in [4.78, 5) is 0. The Morgan fingerprint density at radius 3 is 2.69 bits per heavy atom. The van der Waals surface area contributed by atoms with Crippen molar-refractivity contribution in [2.24, 2.45) is 0 Å². The second kappa shape index (κ2) is 5.40. The van der Waals surface area contributed by atoms with Crippen molar-refractivity contribution in [2.45, 2.75) is 6.36 Å². The van der Waals surface area contributed by atoms with Crippen LogP contribution in [-0.4, -0.2) is 19.5 Å². The zero-order valence-corrected chi connectivity index (χ0v) is 9.73. The molecule has 0 amide bonds. The second-order valence-electron chi connectivity index (χ2n) is 2.95. The number of nitrogen functional groups attached to an aromatic ring is 1. The molecule has 1 aromatic carbocycles. The zero-order valence-electron chi connectivity index (χ0n) is 8.14. The molecule has 3 N–H and O–H groups in total. The third-order valence-electron chi connectivity index (χ3n) is 1.70. The summed E-state index contributed by atoms with van der Waals surface area (Å²) < 4.78 is 39.3. The Labute approximate surface area is 98.9 Å². The Morgan fingerprint density at radius 2 is 2.06 bits per heavy atom. The number of nitrogens with two attached hydrogens (primary N) is 1. The molecule has 0 aliphatic heterocycles. The monoisotopic (exact) mass is 298 g/mol. The van der Waals surface area contributed by atoms with E-state index in [4.69, 9.17) is 5.73 Å². The minimum absolute atomic E-state index is 0.0279. The lowest BCUT2D eigenvalue weighted by Crippen LogP contribution is -2.19. The van der Waals surface area contributed by atoms with Gasteiger partial charge in [-0.1, -0.05) is 15.9 Å². The van der Waals surface area contributed by atoms with Crippen LogP contribution < -0.4 is 11.1 Å². The molecule has 0 aromatic heterocycles. The van der Waals surface area contributed by atoms with Crippen LogP contribution in [0.15, 0.2) is 22.7 Å². The molecule has 0 unspecified atom stereocenters. The molecule has 90 valence electrons. The van der Waals surface area contributed by atoms with Crippen molar-refractivity contribution in [1.29, 1.82) is 0 Å². The number of rotatable bonds is 4. The van der Waals surface area contributed by atoms with E-state index in [2.05, 4.69) is 26.0 Å². The number of benzene rings is 1. The van der Waals surface area contributed by atoms with E-state index in [9.17, 15) is 13.2 Å². The fourth-order valence-electron chi connectivity index (χ4n) is 1.03. The molecule has 3 nitrogen and oxygen atoms in total. The van der Waals surface area contributed by atoms with Crippen molar-refractivity contribution >= 4 is 27.3 Å². The molecule has 16 heavy (non-hydrogen) atoms. The van der Waals surface area contributed by atoms with Gasteiger partial charge in [-0.25, -0.2) is 0 Å². The molecule has 0 aliphatic carbocycles. The maximum absolute atomic E-state index is 11.6. The SMILES string of the molecule is Nc1ccc(Br)cc1NCCOC(F)(F)F. The van der Waals surface area contributed by atoms with Gasteiger partial charge in [0.15, 0.2) is 0 Å². The third-order valence-corrected chi connectivity index (χ3v) is 2.19. The molecule has 0 bridgehead atoms. The van der Waals surface area contributed by atoms with Gasteiger partial charge in [-0.05, 0) is 18.2 Å². The Hall–Kier alpha value is -0.950. The first-order valence-corrected chi connectivity index (χ1v) is 5.17. The van der Waals surface area contributed by atoms with Gasteiger partial charge in [-0.15, -0.1) is 13.2 Å². The maximum Gasteiger partial charge on any atom is 0.522 e. The molecule has 7 heteroatoms. The Balaban J connectivity index is 2.40. The summed E-state index contributed by atoms with van der Waals surface area (Å²) in [6.45, 7) is -0.435. The van der Waals surface area contributed by atoms with Gasteiger partial charge in [-0.3, -0.25) is 4.74 Å². The van der Waals surface area contributed by atoms with E-state index < -0.39 is 13.0 Å². The molecule has 0 saturated carbocycles. The number of hydrogen-bond donors (Lipinski definition) is 2. The van der Waals surface area contributed by atoms with Gasteiger partial charge in [0.1, 0.15) is 0 Å². The molecular formula is C9H10BrF3N2O. The normalized spacial score (nSPS) is 11.5. The highest BCUT2D eigenvalue weighted by Gasteiger charge is 2.28. The highest BCUT2D eigenvalue weighted by molar-refractivity contribution is 9.10. The van der Waals surface area contributed by atoms with Gasteiger partial charge < -0.3 is 11.1 Å². The lowest BCUT2D eigenvalue weighted by atomic mass is 10.3. The summed E-state index contributed by atoms with van der Waals surface area (Å²) in [5.74, 6) is 0. The van der Waals surface area contributed by atoms with Crippen LogP contribution in [0, 0.1) is 0 Å². The predicted molar refractivity (Wildman–Crippen MR) is 59.1 cm³/mol. The number of alkyl halides is 3. The van der Waals surface area contributed by atoms with Crippen LogP contribution in [0.25, 0.3) is 0 Å². The minimum atomic E-state index is -4.59. The lowest BCUT2D eigenvalue weighted by molar-refractivity contribution is -0.322. The molecule has 0 atom stereocenters. The van der Waals surface area contributed by atoms with Gasteiger partial charge >= 0.3 is 6.36 Å². The molecule has 0 fully saturated rings. The van der Waals surface area contributed by atoms with Crippen molar-refractivity contribution < 1.29 is 17.9 Å². The molecule has 1 rings (SSSR count). The molecule has 0 radical (unpaired) electrons. The number of hydrogen-bond acceptors (Lipinski definition) is 3. The number of nitrogens with one attached hydrogen (secondary N) is 1. The van der Waals surface area contributed by atoms with Crippen LogP contribution in [0.1, 0.15) is 0 Å².